The van der Waals surface area contributed by atoms with Crippen molar-refractivity contribution in [2.45, 2.75) is 25.3 Å². The molecule has 1 amide bonds. The Balaban J connectivity index is 1.65. The van der Waals surface area contributed by atoms with E-state index in [4.69, 9.17) is 5.73 Å². The number of nitrogens with zero attached hydrogens (tertiary/aromatic N) is 1. The highest BCUT2D eigenvalue weighted by molar-refractivity contribution is 5.79. The number of carbonyl (C=O) groups is 1. The molecule has 2 N–H and O–H groups in total. The molecule has 0 radical (unpaired) electrons. The van der Waals surface area contributed by atoms with E-state index in [2.05, 4.69) is 24.3 Å². The maximum atomic E-state index is 12.4. The summed E-state index contributed by atoms with van der Waals surface area (Å²) in [6.45, 7) is 0. The number of hydrogen-bond acceptors (Lipinski definition) is 2. The molecule has 2 aromatic carbocycles. The molecule has 2 aromatic rings. The molecule has 0 saturated carbocycles. The predicted molar refractivity (Wildman–Crippen MR) is 85.0 cm³/mol. The molecule has 0 bridgehead atoms. The van der Waals surface area contributed by atoms with E-state index in [1.165, 1.54) is 11.1 Å². The van der Waals surface area contributed by atoms with Crippen molar-refractivity contribution < 1.29 is 4.79 Å². The van der Waals surface area contributed by atoms with Gasteiger partial charge in [-0.1, -0.05) is 36.4 Å². The molecule has 3 heteroatoms. The van der Waals surface area contributed by atoms with E-state index in [9.17, 15) is 4.79 Å². The molecule has 0 aromatic heterocycles. The minimum absolute atomic E-state index is 0.164. The summed E-state index contributed by atoms with van der Waals surface area (Å²) in [6, 6.07) is 16.3. The van der Waals surface area contributed by atoms with E-state index in [0.717, 1.165) is 24.1 Å². The zero-order valence-corrected chi connectivity index (χ0v) is 12.3. The Morgan fingerprint density at radius 3 is 2.24 bits per heavy atom. The Morgan fingerprint density at radius 1 is 1.10 bits per heavy atom. The fourth-order valence-electron chi connectivity index (χ4n) is 2.95. The molecule has 1 aliphatic rings. The van der Waals surface area contributed by atoms with Gasteiger partial charge in [0.15, 0.2) is 0 Å². The second kappa shape index (κ2) is 5.60. The van der Waals surface area contributed by atoms with Gasteiger partial charge in [0.05, 0.1) is 6.42 Å². The summed E-state index contributed by atoms with van der Waals surface area (Å²) in [7, 11) is 1.91. The van der Waals surface area contributed by atoms with Crippen LogP contribution in [0.5, 0.6) is 0 Å². The zero-order valence-electron chi connectivity index (χ0n) is 12.3. The Hall–Kier alpha value is -2.29. The first kappa shape index (κ1) is 13.7. The third-order valence-electron chi connectivity index (χ3n) is 4.31. The maximum absolute atomic E-state index is 12.4. The molecule has 0 aliphatic heterocycles. The topological polar surface area (TPSA) is 46.3 Å². The second-order valence-electron chi connectivity index (χ2n) is 5.75. The first-order valence-electron chi connectivity index (χ1n) is 7.30. The highest BCUT2D eigenvalue weighted by Crippen LogP contribution is 2.25. The Bertz CT molecular complexity index is 624. The van der Waals surface area contributed by atoms with Crippen LogP contribution in [0.25, 0.3) is 0 Å². The van der Waals surface area contributed by atoms with E-state index in [1.54, 1.807) is 0 Å². The molecule has 0 saturated heterocycles. The van der Waals surface area contributed by atoms with Crippen LogP contribution < -0.4 is 5.73 Å². The summed E-state index contributed by atoms with van der Waals surface area (Å²) in [6.07, 6.45) is 2.35. The lowest BCUT2D eigenvalue weighted by Gasteiger charge is -2.24. The van der Waals surface area contributed by atoms with Gasteiger partial charge < -0.3 is 10.6 Å². The van der Waals surface area contributed by atoms with E-state index in [-0.39, 0.29) is 11.9 Å². The quantitative estimate of drug-likeness (QED) is 0.878. The number of hydrogen-bond donors (Lipinski definition) is 1. The third-order valence-corrected chi connectivity index (χ3v) is 4.31. The van der Waals surface area contributed by atoms with Crippen LogP contribution in [0.1, 0.15) is 16.7 Å². The van der Waals surface area contributed by atoms with Gasteiger partial charge in [0.1, 0.15) is 0 Å². The van der Waals surface area contributed by atoms with Crippen LogP contribution in [0.15, 0.2) is 48.5 Å². The number of rotatable bonds is 3. The zero-order chi connectivity index (χ0) is 14.8. The van der Waals surface area contributed by atoms with Gasteiger partial charge in [0.2, 0.25) is 5.91 Å². The van der Waals surface area contributed by atoms with E-state index in [0.29, 0.717) is 6.42 Å². The third kappa shape index (κ3) is 2.92. The molecular formula is C18H20N2O. The number of amides is 1. The summed E-state index contributed by atoms with van der Waals surface area (Å²) in [4.78, 5) is 14.3. The normalized spacial score (nSPS) is 14.0. The highest BCUT2D eigenvalue weighted by atomic mass is 16.2. The number of likely N-dealkylation sites (N-methyl/N-ethyl adjacent to an activating group) is 1. The summed E-state index contributed by atoms with van der Waals surface area (Å²) in [5.41, 5.74) is 10.1. The molecule has 1 aliphatic carbocycles. The number of anilines is 1. The number of carbonyl (C=O) groups excluding carboxylic acids is 1. The van der Waals surface area contributed by atoms with Gasteiger partial charge in [0.25, 0.3) is 0 Å². The number of nitrogens with two attached hydrogens (primary N) is 1. The molecule has 3 rings (SSSR count). The van der Waals surface area contributed by atoms with E-state index < -0.39 is 0 Å². The van der Waals surface area contributed by atoms with Gasteiger partial charge >= 0.3 is 0 Å². The van der Waals surface area contributed by atoms with Crippen LogP contribution in [-0.4, -0.2) is 23.9 Å². The van der Waals surface area contributed by atoms with Crippen molar-refractivity contribution in [2.75, 3.05) is 12.8 Å². The van der Waals surface area contributed by atoms with Crippen molar-refractivity contribution in [2.24, 2.45) is 0 Å². The second-order valence-corrected chi connectivity index (χ2v) is 5.75. The van der Waals surface area contributed by atoms with Crippen LogP contribution in [-0.2, 0) is 24.1 Å². The average Bonchev–Trinajstić information content (AvgIpc) is 2.92. The molecule has 3 nitrogen and oxygen atoms in total. The average molecular weight is 280 g/mol. The van der Waals surface area contributed by atoms with Gasteiger partial charge in [-0.2, -0.15) is 0 Å². The molecule has 108 valence electrons. The Labute approximate surface area is 125 Å². The maximum Gasteiger partial charge on any atom is 0.227 e. The standard InChI is InChI=1S/C18H20N2O/c1-20(17-11-14-4-2-3-5-15(14)12-17)18(21)10-13-6-8-16(19)9-7-13/h2-9,17H,10-12,19H2,1H3. The van der Waals surface area contributed by atoms with Gasteiger partial charge in [-0.05, 0) is 41.7 Å². The number of nitrogen functional groups attached to an aromatic ring is 1. The molecule has 0 atom stereocenters. The summed E-state index contributed by atoms with van der Waals surface area (Å²) in [5, 5.41) is 0. The minimum Gasteiger partial charge on any atom is -0.399 e. The summed E-state index contributed by atoms with van der Waals surface area (Å²) < 4.78 is 0. The lowest BCUT2D eigenvalue weighted by Crippen LogP contribution is -2.38. The van der Waals surface area contributed by atoms with Crippen LogP contribution in [0.2, 0.25) is 0 Å². The van der Waals surface area contributed by atoms with Gasteiger partial charge in [-0.25, -0.2) is 0 Å². The van der Waals surface area contributed by atoms with Crippen molar-refractivity contribution in [1.29, 1.82) is 0 Å². The lowest BCUT2D eigenvalue weighted by atomic mass is 10.1. The minimum atomic E-state index is 0.164. The van der Waals surface area contributed by atoms with Gasteiger partial charge in [-0.3, -0.25) is 4.79 Å². The molecule has 0 unspecified atom stereocenters. The molecule has 0 fully saturated rings. The van der Waals surface area contributed by atoms with Crippen molar-refractivity contribution >= 4 is 11.6 Å². The van der Waals surface area contributed by atoms with E-state index >= 15 is 0 Å². The number of benzene rings is 2. The van der Waals surface area contributed by atoms with Crippen molar-refractivity contribution in [3.05, 3.63) is 65.2 Å². The highest BCUT2D eigenvalue weighted by Gasteiger charge is 2.27. The monoisotopic (exact) mass is 280 g/mol. The molecule has 0 spiro atoms. The molecule has 0 heterocycles. The van der Waals surface area contributed by atoms with Crippen molar-refractivity contribution in [3.63, 3.8) is 0 Å². The van der Waals surface area contributed by atoms with Crippen LogP contribution >= 0.6 is 0 Å². The van der Waals surface area contributed by atoms with Crippen LogP contribution in [0, 0.1) is 0 Å². The summed E-state index contributed by atoms with van der Waals surface area (Å²) >= 11 is 0. The van der Waals surface area contributed by atoms with Crippen LogP contribution in [0.4, 0.5) is 5.69 Å². The van der Waals surface area contributed by atoms with E-state index in [1.807, 2.05) is 36.2 Å². The smallest absolute Gasteiger partial charge is 0.227 e. The predicted octanol–water partition coefficient (Wildman–Crippen LogP) is 2.44. The summed E-state index contributed by atoms with van der Waals surface area (Å²) in [5.74, 6) is 0.164. The fraction of sp³-hybridized carbons (Fsp3) is 0.278. The first-order valence-corrected chi connectivity index (χ1v) is 7.30. The first-order chi connectivity index (χ1) is 10.1. The van der Waals surface area contributed by atoms with Gasteiger partial charge in [0, 0.05) is 18.8 Å². The Morgan fingerprint density at radius 2 is 1.67 bits per heavy atom. The largest absolute Gasteiger partial charge is 0.399 e. The number of fused-ring (bicyclic) bond motifs is 1. The SMILES string of the molecule is CN(C(=O)Cc1ccc(N)cc1)C1Cc2ccccc2C1. The van der Waals surface area contributed by atoms with Gasteiger partial charge in [-0.15, -0.1) is 0 Å². The van der Waals surface area contributed by atoms with Crippen molar-refractivity contribution in [1.82, 2.24) is 4.90 Å². The molecular weight excluding hydrogens is 260 g/mol. The lowest BCUT2D eigenvalue weighted by molar-refractivity contribution is -0.131. The van der Waals surface area contributed by atoms with Crippen molar-refractivity contribution in [3.8, 4) is 0 Å². The van der Waals surface area contributed by atoms with Crippen LogP contribution in [0.3, 0.4) is 0 Å². The Kier molecular flexibility index (Phi) is 3.65. The molecule has 21 heavy (non-hydrogen) atoms. The fourth-order valence-corrected chi connectivity index (χ4v) is 2.95.